The van der Waals surface area contributed by atoms with Gasteiger partial charge >= 0.3 is 17.9 Å². The third-order valence-corrected chi connectivity index (χ3v) is 16.9. The average molecular weight is 1150 g/mol. The van der Waals surface area contributed by atoms with Crippen molar-refractivity contribution in [3.63, 3.8) is 0 Å². The van der Waals surface area contributed by atoms with Gasteiger partial charge in [-0.3, -0.25) is 14.4 Å². The highest BCUT2D eigenvalue weighted by Crippen LogP contribution is 2.19. The fraction of sp³-hybridized carbons (Fsp3) is 0.882. The summed E-state index contributed by atoms with van der Waals surface area (Å²) in [5.74, 6) is -0.843. The summed E-state index contributed by atoms with van der Waals surface area (Å²) in [6.45, 7) is 6.71. The molecule has 0 N–H and O–H groups in total. The summed E-state index contributed by atoms with van der Waals surface area (Å²) in [7, 11) is 0. The molecule has 0 aliphatic rings. The van der Waals surface area contributed by atoms with Gasteiger partial charge < -0.3 is 14.2 Å². The molecule has 0 heterocycles. The Kier molecular flexibility index (Phi) is 69.1. The molecule has 0 aromatic rings. The highest BCUT2D eigenvalue weighted by molar-refractivity contribution is 5.71. The summed E-state index contributed by atoms with van der Waals surface area (Å²) >= 11 is 0. The van der Waals surface area contributed by atoms with Crippen LogP contribution in [0, 0.1) is 0 Å². The second-order valence-electron chi connectivity index (χ2n) is 25.2. The minimum atomic E-state index is -0.775. The Bertz CT molecular complexity index is 1370. The molecule has 0 aromatic heterocycles. The zero-order valence-corrected chi connectivity index (χ0v) is 55.5. The summed E-state index contributed by atoms with van der Waals surface area (Å²) in [5.41, 5.74) is 0. The van der Waals surface area contributed by atoms with E-state index in [0.29, 0.717) is 19.3 Å². The Morgan fingerprint density at radius 2 is 0.439 bits per heavy atom. The summed E-state index contributed by atoms with van der Waals surface area (Å²) in [6, 6.07) is 0. The first-order valence-electron chi connectivity index (χ1n) is 37.0. The molecule has 0 amide bonds. The maximum absolute atomic E-state index is 13.0. The molecular weight excluding hydrogens is 1010 g/mol. The first-order chi connectivity index (χ1) is 40.5. The van der Waals surface area contributed by atoms with E-state index in [4.69, 9.17) is 14.2 Å². The summed E-state index contributed by atoms with van der Waals surface area (Å²) in [5, 5.41) is 0. The molecule has 0 aliphatic heterocycles. The van der Waals surface area contributed by atoms with Crippen LogP contribution in [0.5, 0.6) is 0 Å². The molecule has 0 fully saturated rings. The van der Waals surface area contributed by atoms with Crippen LogP contribution in [0.3, 0.4) is 0 Å². The molecule has 6 heteroatoms. The normalized spacial score (nSPS) is 12.2. The molecule has 0 radical (unpaired) electrons. The number of carbonyl (C=O) groups is 3. The standard InChI is InChI=1S/C76H142O6/c1-4-7-10-13-16-19-22-25-28-31-33-35-37-39-40-42-45-48-51-54-57-60-63-66-69-75(78)81-72-73(71-80-74(77)68-65-62-59-56-53-50-47-44-30-27-24-21-18-15-12-9-6-3)82-76(79)70-67-64-61-58-55-52-49-46-43-41-38-36-34-32-29-26-23-20-17-14-11-8-5-2/h23,26-27,30,32,34,73H,4-22,24-25,28-29,31,33,35-72H2,1-3H3/b26-23-,30-27-,34-32-. The van der Waals surface area contributed by atoms with E-state index in [0.717, 1.165) is 64.2 Å². The van der Waals surface area contributed by atoms with Crippen molar-refractivity contribution in [2.75, 3.05) is 13.2 Å². The monoisotopic (exact) mass is 1150 g/mol. The van der Waals surface area contributed by atoms with Crippen LogP contribution >= 0.6 is 0 Å². The van der Waals surface area contributed by atoms with Crippen LogP contribution in [0.25, 0.3) is 0 Å². The van der Waals surface area contributed by atoms with Gasteiger partial charge in [-0.2, -0.15) is 0 Å². The highest BCUT2D eigenvalue weighted by atomic mass is 16.6. The van der Waals surface area contributed by atoms with Gasteiger partial charge in [0.2, 0.25) is 0 Å². The van der Waals surface area contributed by atoms with E-state index in [9.17, 15) is 14.4 Å². The summed E-state index contributed by atoms with van der Waals surface area (Å²) in [6.07, 6.45) is 88.9. The summed E-state index contributed by atoms with van der Waals surface area (Å²) < 4.78 is 17.0. The number of hydrogen-bond donors (Lipinski definition) is 0. The van der Waals surface area contributed by atoms with Gasteiger partial charge in [0.1, 0.15) is 13.2 Å². The number of unbranched alkanes of at least 4 members (excludes halogenated alkanes) is 52. The number of ether oxygens (including phenoxy) is 3. The molecule has 0 aliphatic carbocycles. The van der Waals surface area contributed by atoms with Gasteiger partial charge in [0.05, 0.1) is 0 Å². The lowest BCUT2D eigenvalue weighted by Crippen LogP contribution is -2.30. The van der Waals surface area contributed by atoms with Gasteiger partial charge in [-0.25, -0.2) is 0 Å². The molecule has 0 bridgehead atoms. The first-order valence-corrected chi connectivity index (χ1v) is 37.0. The van der Waals surface area contributed by atoms with Crippen molar-refractivity contribution in [2.45, 2.75) is 419 Å². The van der Waals surface area contributed by atoms with Crippen molar-refractivity contribution in [3.05, 3.63) is 36.5 Å². The minimum absolute atomic E-state index is 0.0690. The Labute approximate surface area is 512 Å². The molecule has 482 valence electrons. The van der Waals surface area contributed by atoms with Crippen molar-refractivity contribution < 1.29 is 28.6 Å². The van der Waals surface area contributed by atoms with Crippen LogP contribution < -0.4 is 0 Å². The minimum Gasteiger partial charge on any atom is -0.462 e. The second-order valence-corrected chi connectivity index (χ2v) is 25.2. The lowest BCUT2D eigenvalue weighted by molar-refractivity contribution is -0.167. The summed E-state index contributed by atoms with van der Waals surface area (Å²) in [4.78, 5) is 38.5. The lowest BCUT2D eigenvalue weighted by Gasteiger charge is -2.18. The zero-order valence-electron chi connectivity index (χ0n) is 55.5. The van der Waals surface area contributed by atoms with Crippen LogP contribution in [-0.4, -0.2) is 37.2 Å². The van der Waals surface area contributed by atoms with E-state index in [1.165, 1.54) is 308 Å². The smallest absolute Gasteiger partial charge is 0.306 e. The predicted octanol–water partition coefficient (Wildman–Crippen LogP) is 25.5. The molecule has 0 spiro atoms. The SMILES string of the molecule is CCCCCCC/C=C\C/C=C\CCCCCCCCCCCCCC(=O)OC(COC(=O)CCCCCCCCC/C=C\CCCCCCCC)COC(=O)CCCCCCCCCCCCCCCCCCCCCCCCCC. The average Bonchev–Trinajstić information content (AvgIpc) is 3.47. The maximum Gasteiger partial charge on any atom is 0.306 e. The van der Waals surface area contributed by atoms with Crippen molar-refractivity contribution in [1.29, 1.82) is 0 Å². The first kappa shape index (κ1) is 79.6. The van der Waals surface area contributed by atoms with Gasteiger partial charge in [0, 0.05) is 19.3 Å². The molecule has 6 nitrogen and oxygen atoms in total. The van der Waals surface area contributed by atoms with Gasteiger partial charge in [0.25, 0.3) is 0 Å². The van der Waals surface area contributed by atoms with E-state index in [-0.39, 0.29) is 31.1 Å². The van der Waals surface area contributed by atoms with Gasteiger partial charge in [0.15, 0.2) is 6.10 Å². The maximum atomic E-state index is 13.0. The highest BCUT2D eigenvalue weighted by Gasteiger charge is 2.19. The fourth-order valence-corrected chi connectivity index (χ4v) is 11.3. The number of allylic oxidation sites excluding steroid dienone is 6. The Hall–Kier alpha value is -2.37. The van der Waals surface area contributed by atoms with Crippen LogP contribution in [0.1, 0.15) is 412 Å². The molecule has 82 heavy (non-hydrogen) atoms. The molecular formula is C76H142O6. The van der Waals surface area contributed by atoms with Crippen LogP contribution in [-0.2, 0) is 28.6 Å². The molecule has 0 saturated heterocycles. The molecule has 1 atom stereocenters. The number of rotatable bonds is 69. The third-order valence-electron chi connectivity index (χ3n) is 16.9. The van der Waals surface area contributed by atoms with Crippen molar-refractivity contribution in [1.82, 2.24) is 0 Å². The van der Waals surface area contributed by atoms with Crippen LogP contribution in [0.15, 0.2) is 36.5 Å². The zero-order chi connectivity index (χ0) is 59.2. The van der Waals surface area contributed by atoms with Gasteiger partial charge in [-0.05, 0) is 77.0 Å². The van der Waals surface area contributed by atoms with Crippen molar-refractivity contribution in [2.24, 2.45) is 0 Å². The molecule has 0 aromatic carbocycles. The lowest BCUT2D eigenvalue weighted by atomic mass is 10.0. The largest absolute Gasteiger partial charge is 0.462 e. The van der Waals surface area contributed by atoms with E-state index in [2.05, 4.69) is 57.2 Å². The fourth-order valence-electron chi connectivity index (χ4n) is 11.3. The predicted molar refractivity (Wildman–Crippen MR) is 358 cm³/mol. The van der Waals surface area contributed by atoms with Crippen molar-refractivity contribution in [3.8, 4) is 0 Å². The van der Waals surface area contributed by atoms with E-state index in [1.807, 2.05) is 0 Å². The van der Waals surface area contributed by atoms with Gasteiger partial charge in [-0.15, -0.1) is 0 Å². The number of esters is 3. The third kappa shape index (κ3) is 68.4. The Morgan fingerprint density at radius 3 is 0.683 bits per heavy atom. The molecule has 1 unspecified atom stereocenters. The van der Waals surface area contributed by atoms with E-state index < -0.39 is 6.10 Å². The Morgan fingerprint density at radius 1 is 0.244 bits per heavy atom. The topological polar surface area (TPSA) is 78.9 Å². The van der Waals surface area contributed by atoms with Gasteiger partial charge in [-0.1, -0.05) is 353 Å². The second kappa shape index (κ2) is 71.1. The van der Waals surface area contributed by atoms with Crippen LogP contribution in [0.4, 0.5) is 0 Å². The quantitative estimate of drug-likeness (QED) is 0.0261. The molecule has 0 saturated carbocycles. The van der Waals surface area contributed by atoms with E-state index >= 15 is 0 Å². The molecule has 0 rings (SSSR count). The number of carbonyl (C=O) groups excluding carboxylic acids is 3. The van der Waals surface area contributed by atoms with Crippen molar-refractivity contribution >= 4 is 17.9 Å². The Balaban J connectivity index is 4.29. The van der Waals surface area contributed by atoms with Crippen LogP contribution in [0.2, 0.25) is 0 Å². The number of hydrogen-bond acceptors (Lipinski definition) is 6. The van der Waals surface area contributed by atoms with E-state index in [1.54, 1.807) is 0 Å².